The number of benzene rings is 1. The highest BCUT2D eigenvalue weighted by molar-refractivity contribution is 7.15. The molecule has 0 aliphatic heterocycles. The first-order chi connectivity index (χ1) is 9.19. The number of fused-ring (bicyclic) bond motifs is 1. The van der Waals surface area contributed by atoms with Gasteiger partial charge in [-0.3, -0.25) is 9.20 Å². The number of hydrogen-bond acceptors (Lipinski definition) is 4. The number of hydrogen-bond donors (Lipinski definition) is 0. The molecule has 3 aromatic rings. The molecule has 0 bridgehead atoms. The lowest BCUT2D eigenvalue weighted by Crippen LogP contribution is -1.92. The van der Waals surface area contributed by atoms with Gasteiger partial charge in [-0.1, -0.05) is 11.6 Å². The average Bonchev–Trinajstić information content (AvgIpc) is 2.94. The van der Waals surface area contributed by atoms with Crippen LogP contribution in [0.15, 0.2) is 29.8 Å². The maximum absolute atomic E-state index is 13.3. The van der Waals surface area contributed by atoms with Gasteiger partial charge in [0.1, 0.15) is 11.6 Å². The summed E-state index contributed by atoms with van der Waals surface area (Å²) in [6, 6.07) is 4.03. The monoisotopic (exact) mass is 296 g/mol. The van der Waals surface area contributed by atoms with E-state index >= 15 is 0 Å². The van der Waals surface area contributed by atoms with E-state index in [-0.39, 0.29) is 22.3 Å². The van der Waals surface area contributed by atoms with Crippen LogP contribution in [0.5, 0.6) is 11.6 Å². The first kappa shape index (κ1) is 12.1. The second-order valence-electron chi connectivity index (χ2n) is 3.65. The fourth-order valence-corrected chi connectivity index (χ4v) is 2.45. The van der Waals surface area contributed by atoms with Crippen molar-refractivity contribution in [2.45, 2.75) is 0 Å². The van der Waals surface area contributed by atoms with Crippen LogP contribution in [0.3, 0.4) is 0 Å². The number of carbonyl (C=O) groups is 1. The fourth-order valence-electron chi connectivity index (χ4n) is 1.62. The predicted octanol–water partition coefficient (Wildman–Crippen LogP) is 3.79. The minimum Gasteiger partial charge on any atom is -0.437 e. The molecule has 0 saturated carbocycles. The molecule has 3 rings (SSSR count). The molecule has 0 aliphatic carbocycles. The van der Waals surface area contributed by atoms with Crippen molar-refractivity contribution >= 4 is 34.2 Å². The van der Waals surface area contributed by atoms with Gasteiger partial charge in [-0.05, 0) is 12.1 Å². The van der Waals surface area contributed by atoms with E-state index in [1.165, 1.54) is 23.5 Å². The number of carbonyl (C=O) groups excluding carboxylic acids is 1. The Hall–Kier alpha value is -1.92. The molecule has 0 unspecified atom stereocenters. The highest BCUT2D eigenvalue weighted by atomic mass is 35.5. The quantitative estimate of drug-likeness (QED) is 0.691. The molecule has 4 nitrogen and oxygen atoms in total. The Kier molecular flexibility index (Phi) is 2.96. The summed E-state index contributed by atoms with van der Waals surface area (Å²) in [6.45, 7) is 0. The van der Waals surface area contributed by atoms with Crippen LogP contribution >= 0.6 is 22.9 Å². The molecule has 0 atom stereocenters. The summed E-state index contributed by atoms with van der Waals surface area (Å²) >= 11 is 6.96. The van der Waals surface area contributed by atoms with Gasteiger partial charge in [0.25, 0.3) is 0 Å². The Morgan fingerprint density at radius 1 is 1.47 bits per heavy atom. The summed E-state index contributed by atoms with van der Waals surface area (Å²) in [5.74, 6) is -0.216. The van der Waals surface area contributed by atoms with Crippen molar-refractivity contribution in [1.29, 1.82) is 0 Å². The summed E-state index contributed by atoms with van der Waals surface area (Å²) < 4.78 is 20.3. The average molecular weight is 297 g/mol. The van der Waals surface area contributed by atoms with E-state index in [0.29, 0.717) is 11.2 Å². The predicted molar refractivity (Wildman–Crippen MR) is 69.9 cm³/mol. The highest BCUT2D eigenvalue weighted by Crippen LogP contribution is 2.28. The van der Waals surface area contributed by atoms with Crippen molar-refractivity contribution in [2.24, 2.45) is 0 Å². The minimum absolute atomic E-state index is 0.00813. The van der Waals surface area contributed by atoms with Crippen LogP contribution in [0, 0.1) is 5.82 Å². The van der Waals surface area contributed by atoms with Gasteiger partial charge in [-0.15, -0.1) is 11.3 Å². The van der Waals surface area contributed by atoms with Crippen molar-refractivity contribution in [2.75, 3.05) is 0 Å². The largest absolute Gasteiger partial charge is 0.437 e. The Labute approximate surface area is 116 Å². The number of rotatable bonds is 3. The van der Waals surface area contributed by atoms with Gasteiger partial charge in [0.2, 0.25) is 5.88 Å². The molecule has 0 aliphatic rings. The van der Waals surface area contributed by atoms with Crippen molar-refractivity contribution in [3.63, 3.8) is 0 Å². The number of nitrogens with zero attached hydrogens (tertiary/aromatic N) is 2. The second-order valence-corrected chi connectivity index (χ2v) is 4.93. The van der Waals surface area contributed by atoms with Crippen LogP contribution in [0.1, 0.15) is 10.5 Å². The number of imidazole rings is 1. The minimum atomic E-state index is -0.590. The standard InChI is InChI=1S/C12H6ClFN2O2S/c13-8-2-1-7(5-9(8)14)18-11-10(6-17)16-3-4-19-12(16)15-11/h1-6H. The fraction of sp³-hybridized carbons (Fsp3) is 0. The maximum atomic E-state index is 13.3. The third kappa shape index (κ3) is 2.09. The molecule has 0 N–H and O–H groups in total. The van der Waals surface area contributed by atoms with Gasteiger partial charge in [0.15, 0.2) is 16.9 Å². The van der Waals surface area contributed by atoms with E-state index < -0.39 is 5.82 Å². The number of aromatic nitrogens is 2. The first-order valence-electron chi connectivity index (χ1n) is 5.22. The second kappa shape index (κ2) is 4.64. The first-order valence-corrected chi connectivity index (χ1v) is 6.48. The van der Waals surface area contributed by atoms with Crippen LogP contribution in [0.4, 0.5) is 4.39 Å². The normalized spacial score (nSPS) is 10.8. The summed E-state index contributed by atoms with van der Waals surface area (Å²) in [4.78, 5) is 15.9. The zero-order valence-electron chi connectivity index (χ0n) is 9.34. The van der Waals surface area contributed by atoms with Gasteiger partial charge in [-0.25, -0.2) is 4.39 Å². The van der Waals surface area contributed by atoms with E-state index in [4.69, 9.17) is 16.3 Å². The smallest absolute Gasteiger partial charge is 0.250 e. The van der Waals surface area contributed by atoms with Gasteiger partial charge in [0, 0.05) is 17.6 Å². The lowest BCUT2D eigenvalue weighted by molar-refractivity contribution is 0.111. The van der Waals surface area contributed by atoms with E-state index in [2.05, 4.69) is 4.98 Å². The lowest BCUT2D eigenvalue weighted by Gasteiger charge is -2.03. The van der Waals surface area contributed by atoms with Crippen molar-refractivity contribution in [3.8, 4) is 11.6 Å². The van der Waals surface area contributed by atoms with Crippen LogP contribution < -0.4 is 4.74 Å². The molecule has 7 heteroatoms. The van der Waals surface area contributed by atoms with E-state index in [1.807, 2.05) is 0 Å². The number of ether oxygens (including phenoxy) is 1. The maximum Gasteiger partial charge on any atom is 0.250 e. The van der Waals surface area contributed by atoms with Crippen molar-refractivity contribution in [3.05, 3.63) is 46.3 Å². The molecule has 1 aromatic carbocycles. The van der Waals surface area contributed by atoms with E-state index in [1.54, 1.807) is 16.0 Å². The van der Waals surface area contributed by atoms with Gasteiger partial charge < -0.3 is 4.74 Å². The molecule has 0 fully saturated rings. The molecular formula is C12H6ClFN2O2S. The van der Waals surface area contributed by atoms with E-state index in [0.717, 1.165) is 6.07 Å². The molecule has 0 spiro atoms. The summed E-state index contributed by atoms with van der Waals surface area (Å²) in [5, 5.41) is 1.81. The molecule has 0 saturated heterocycles. The molecule has 96 valence electrons. The topological polar surface area (TPSA) is 43.6 Å². The number of aldehydes is 1. The van der Waals surface area contributed by atoms with Crippen molar-refractivity contribution in [1.82, 2.24) is 9.38 Å². The van der Waals surface area contributed by atoms with Crippen LogP contribution in [0.25, 0.3) is 4.96 Å². The van der Waals surface area contributed by atoms with Gasteiger partial charge >= 0.3 is 0 Å². The zero-order valence-corrected chi connectivity index (χ0v) is 10.9. The van der Waals surface area contributed by atoms with Crippen LogP contribution in [0.2, 0.25) is 5.02 Å². The van der Waals surface area contributed by atoms with Gasteiger partial charge in [-0.2, -0.15) is 4.98 Å². The van der Waals surface area contributed by atoms with Crippen LogP contribution in [-0.2, 0) is 0 Å². The molecule has 0 amide bonds. The lowest BCUT2D eigenvalue weighted by atomic mass is 10.3. The Bertz CT molecular complexity index is 768. The molecule has 19 heavy (non-hydrogen) atoms. The summed E-state index contributed by atoms with van der Waals surface area (Å²) in [6.07, 6.45) is 2.36. The summed E-state index contributed by atoms with van der Waals surface area (Å²) in [7, 11) is 0. The van der Waals surface area contributed by atoms with Gasteiger partial charge in [0.05, 0.1) is 5.02 Å². The van der Waals surface area contributed by atoms with Crippen molar-refractivity contribution < 1.29 is 13.9 Å². The zero-order chi connectivity index (χ0) is 13.4. The third-order valence-corrected chi connectivity index (χ3v) is 3.55. The SMILES string of the molecule is O=Cc1c(Oc2ccc(Cl)c(F)c2)nc2sccn12. The Morgan fingerprint density at radius 2 is 2.32 bits per heavy atom. The number of halogens is 2. The Morgan fingerprint density at radius 3 is 3.05 bits per heavy atom. The molecular weight excluding hydrogens is 291 g/mol. The number of thiazole rings is 1. The van der Waals surface area contributed by atoms with E-state index in [9.17, 15) is 9.18 Å². The molecule has 2 aromatic heterocycles. The Balaban J connectivity index is 2.02. The van der Waals surface area contributed by atoms with Crippen LogP contribution in [-0.4, -0.2) is 15.7 Å². The summed E-state index contributed by atoms with van der Waals surface area (Å²) in [5.41, 5.74) is 0.284. The molecule has 0 radical (unpaired) electrons. The molecule has 2 heterocycles. The highest BCUT2D eigenvalue weighted by Gasteiger charge is 2.15. The third-order valence-electron chi connectivity index (χ3n) is 2.48.